The molecule has 1 heterocycles. The smallest absolute Gasteiger partial charge is 0.310 e. The lowest BCUT2D eigenvalue weighted by Gasteiger charge is -2.41. The van der Waals surface area contributed by atoms with Gasteiger partial charge in [0.25, 0.3) is 0 Å². The van der Waals surface area contributed by atoms with Crippen molar-refractivity contribution in [3.05, 3.63) is 0 Å². The molecule has 0 aliphatic carbocycles. The first-order valence-corrected chi connectivity index (χ1v) is 8.18. The van der Waals surface area contributed by atoms with E-state index >= 15 is 0 Å². The number of carbonyl (C=O) groups is 2. The van der Waals surface area contributed by atoms with Gasteiger partial charge < -0.3 is 10.4 Å². The molecule has 2 N–H and O–H groups in total. The number of piperidine rings is 1. The number of nitrogens with one attached hydrogen (secondary N) is 1. The van der Waals surface area contributed by atoms with E-state index in [-0.39, 0.29) is 18.0 Å². The maximum Gasteiger partial charge on any atom is 0.310 e. The summed E-state index contributed by atoms with van der Waals surface area (Å²) >= 11 is 0. The largest absolute Gasteiger partial charge is 0.481 e. The van der Waals surface area contributed by atoms with Crippen LogP contribution in [0.25, 0.3) is 0 Å². The van der Waals surface area contributed by atoms with Crippen LogP contribution in [0.2, 0.25) is 0 Å². The molecule has 0 aromatic carbocycles. The van der Waals surface area contributed by atoms with Crippen LogP contribution in [0, 0.1) is 5.41 Å². The molecule has 1 saturated heterocycles. The molecular weight excluding hydrogens is 268 g/mol. The van der Waals surface area contributed by atoms with Gasteiger partial charge in [0.2, 0.25) is 5.91 Å². The van der Waals surface area contributed by atoms with Crippen molar-refractivity contribution in [1.82, 2.24) is 10.2 Å². The fraction of sp³-hybridized carbons (Fsp3) is 0.875. The molecule has 1 aliphatic heterocycles. The fourth-order valence-electron chi connectivity index (χ4n) is 3.09. The number of likely N-dealkylation sites (tertiary alicyclic amines) is 1. The molecule has 5 heteroatoms. The number of amides is 1. The SMILES string of the molecule is CCC(CC)NC(=O)C(C)N1CCCC(CC)(C(=O)O)C1. The highest BCUT2D eigenvalue weighted by molar-refractivity contribution is 5.82. The molecule has 0 radical (unpaired) electrons. The van der Waals surface area contributed by atoms with Gasteiger partial charge in [-0.3, -0.25) is 14.5 Å². The maximum atomic E-state index is 12.3. The van der Waals surface area contributed by atoms with E-state index in [9.17, 15) is 14.7 Å². The lowest BCUT2D eigenvalue weighted by molar-refractivity contribution is -0.154. The first kappa shape index (κ1) is 18.0. The van der Waals surface area contributed by atoms with Crippen molar-refractivity contribution in [2.24, 2.45) is 5.41 Å². The van der Waals surface area contributed by atoms with Crippen LogP contribution < -0.4 is 5.32 Å². The van der Waals surface area contributed by atoms with Crippen LogP contribution in [-0.2, 0) is 9.59 Å². The minimum Gasteiger partial charge on any atom is -0.481 e. The Morgan fingerprint density at radius 3 is 2.38 bits per heavy atom. The van der Waals surface area contributed by atoms with E-state index in [2.05, 4.69) is 19.2 Å². The molecule has 0 spiro atoms. The summed E-state index contributed by atoms with van der Waals surface area (Å²) in [4.78, 5) is 26.0. The molecule has 0 aromatic heterocycles. The molecule has 21 heavy (non-hydrogen) atoms. The second kappa shape index (κ2) is 7.78. The maximum absolute atomic E-state index is 12.3. The highest BCUT2D eigenvalue weighted by Gasteiger charge is 2.42. The van der Waals surface area contributed by atoms with Crippen LogP contribution in [-0.4, -0.2) is 47.1 Å². The van der Waals surface area contributed by atoms with Gasteiger partial charge in [-0.25, -0.2) is 0 Å². The Morgan fingerprint density at radius 2 is 1.90 bits per heavy atom. The van der Waals surface area contributed by atoms with Crippen LogP contribution in [0.5, 0.6) is 0 Å². The van der Waals surface area contributed by atoms with Crippen molar-refractivity contribution >= 4 is 11.9 Å². The molecule has 0 bridgehead atoms. The van der Waals surface area contributed by atoms with E-state index in [1.807, 2.05) is 18.7 Å². The Bertz CT molecular complexity index is 369. The van der Waals surface area contributed by atoms with Crippen LogP contribution in [0.15, 0.2) is 0 Å². The third-order valence-electron chi connectivity index (χ3n) is 5.00. The van der Waals surface area contributed by atoms with Crippen molar-refractivity contribution in [1.29, 1.82) is 0 Å². The molecule has 5 nitrogen and oxygen atoms in total. The first-order chi connectivity index (χ1) is 9.90. The summed E-state index contributed by atoms with van der Waals surface area (Å²) in [5, 5.41) is 12.6. The summed E-state index contributed by atoms with van der Waals surface area (Å²) in [6.45, 7) is 9.19. The zero-order valence-electron chi connectivity index (χ0n) is 13.8. The number of hydrogen-bond donors (Lipinski definition) is 2. The molecule has 1 rings (SSSR count). The number of aliphatic carboxylic acids is 1. The molecule has 1 aliphatic rings. The predicted octanol–water partition coefficient (Wildman–Crippen LogP) is 2.26. The van der Waals surface area contributed by atoms with Crippen molar-refractivity contribution < 1.29 is 14.7 Å². The van der Waals surface area contributed by atoms with Gasteiger partial charge in [-0.05, 0) is 45.6 Å². The zero-order chi connectivity index (χ0) is 16.0. The number of carboxylic acids is 1. The Morgan fingerprint density at radius 1 is 1.29 bits per heavy atom. The molecule has 1 amide bonds. The molecule has 1 fully saturated rings. The summed E-state index contributed by atoms with van der Waals surface area (Å²) in [6, 6.07) is -0.0590. The summed E-state index contributed by atoms with van der Waals surface area (Å²) in [6.07, 6.45) is 3.99. The van der Waals surface area contributed by atoms with Crippen molar-refractivity contribution in [2.75, 3.05) is 13.1 Å². The van der Waals surface area contributed by atoms with E-state index in [1.54, 1.807) is 0 Å². The van der Waals surface area contributed by atoms with E-state index in [0.29, 0.717) is 19.4 Å². The minimum atomic E-state index is -0.734. The standard InChI is InChI=1S/C16H30N2O3/c1-5-13(6-2)17-14(19)12(4)18-10-8-9-16(7-3,11-18)15(20)21/h12-13H,5-11H2,1-4H3,(H,17,19)(H,20,21). The molecule has 0 saturated carbocycles. The second-order valence-electron chi connectivity index (χ2n) is 6.21. The molecule has 2 atom stereocenters. The Labute approximate surface area is 128 Å². The van der Waals surface area contributed by atoms with E-state index in [4.69, 9.17) is 0 Å². The van der Waals surface area contributed by atoms with Gasteiger partial charge in [-0.2, -0.15) is 0 Å². The molecule has 2 unspecified atom stereocenters. The average molecular weight is 298 g/mol. The van der Waals surface area contributed by atoms with Gasteiger partial charge in [0.05, 0.1) is 11.5 Å². The lowest BCUT2D eigenvalue weighted by atomic mass is 9.77. The summed E-state index contributed by atoms with van der Waals surface area (Å²) in [7, 11) is 0. The average Bonchev–Trinajstić information content (AvgIpc) is 2.51. The summed E-state index contributed by atoms with van der Waals surface area (Å²) < 4.78 is 0. The van der Waals surface area contributed by atoms with E-state index in [0.717, 1.165) is 25.8 Å². The Balaban J connectivity index is 2.71. The first-order valence-electron chi connectivity index (χ1n) is 8.18. The van der Waals surface area contributed by atoms with E-state index in [1.165, 1.54) is 0 Å². The number of carboxylic acid groups (broad SMARTS) is 1. The lowest BCUT2D eigenvalue weighted by Crippen LogP contribution is -2.55. The zero-order valence-corrected chi connectivity index (χ0v) is 13.8. The minimum absolute atomic E-state index is 0.0148. The Hall–Kier alpha value is -1.10. The van der Waals surface area contributed by atoms with Crippen LogP contribution in [0.4, 0.5) is 0 Å². The number of nitrogens with zero attached hydrogens (tertiary/aromatic N) is 1. The fourth-order valence-corrected chi connectivity index (χ4v) is 3.09. The van der Waals surface area contributed by atoms with Crippen LogP contribution in [0.1, 0.15) is 59.8 Å². The number of rotatable bonds is 7. The van der Waals surface area contributed by atoms with Gasteiger partial charge >= 0.3 is 5.97 Å². The van der Waals surface area contributed by atoms with E-state index < -0.39 is 11.4 Å². The second-order valence-corrected chi connectivity index (χ2v) is 6.21. The quantitative estimate of drug-likeness (QED) is 0.756. The predicted molar refractivity (Wildman–Crippen MR) is 83.1 cm³/mol. The highest BCUT2D eigenvalue weighted by Crippen LogP contribution is 2.34. The number of carbonyl (C=O) groups excluding carboxylic acids is 1. The normalized spacial score (nSPS) is 24.8. The number of hydrogen-bond acceptors (Lipinski definition) is 3. The van der Waals surface area contributed by atoms with Crippen LogP contribution >= 0.6 is 0 Å². The monoisotopic (exact) mass is 298 g/mol. The van der Waals surface area contributed by atoms with Crippen molar-refractivity contribution in [2.45, 2.75) is 71.9 Å². The van der Waals surface area contributed by atoms with Gasteiger partial charge in [-0.15, -0.1) is 0 Å². The van der Waals surface area contributed by atoms with Crippen LogP contribution in [0.3, 0.4) is 0 Å². The summed E-state index contributed by atoms with van der Waals surface area (Å²) in [5.74, 6) is -0.719. The molecular formula is C16H30N2O3. The topological polar surface area (TPSA) is 69.6 Å². The van der Waals surface area contributed by atoms with Gasteiger partial charge in [0, 0.05) is 12.6 Å². The molecule has 122 valence electrons. The van der Waals surface area contributed by atoms with Gasteiger partial charge in [0.15, 0.2) is 0 Å². The van der Waals surface area contributed by atoms with Crippen molar-refractivity contribution in [3.8, 4) is 0 Å². The summed E-state index contributed by atoms with van der Waals surface area (Å²) in [5.41, 5.74) is -0.693. The molecule has 0 aromatic rings. The Kier molecular flexibility index (Phi) is 6.65. The van der Waals surface area contributed by atoms with Gasteiger partial charge in [-0.1, -0.05) is 20.8 Å². The highest BCUT2D eigenvalue weighted by atomic mass is 16.4. The third kappa shape index (κ3) is 4.19. The third-order valence-corrected chi connectivity index (χ3v) is 5.00. The van der Waals surface area contributed by atoms with Gasteiger partial charge in [0.1, 0.15) is 0 Å². The van der Waals surface area contributed by atoms with Crippen molar-refractivity contribution in [3.63, 3.8) is 0 Å².